The Balaban J connectivity index is 2.14. The fourth-order valence-corrected chi connectivity index (χ4v) is 1.11. The first kappa shape index (κ1) is 10.0. The van der Waals surface area contributed by atoms with Crippen molar-refractivity contribution < 1.29 is 4.79 Å². The predicted octanol–water partition coefficient (Wildman–Crippen LogP) is 0.714. The SMILES string of the molecule is NC(=O)c1ccc(Nc2ccncn2)nc1. The van der Waals surface area contributed by atoms with Gasteiger partial charge < -0.3 is 11.1 Å². The Bertz CT molecular complexity index is 482. The monoisotopic (exact) mass is 215 g/mol. The molecule has 0 aromatic carbocycles. The molecule has 0 atom stereocenters. The molecule has 0 radical (unpaired) electrons. The molecule has 2 aromatic heterocycles. The van der Waals surface area contributed by atoms with E-state index in [1.807, 2.05) is 0 Å². The highest BCUT2D eigenvalue weighted by Gasteiger charge is 2.01. The average molecular weight is 215 g/mol. The summed E-state index contributed by atoms with van der Waals surface area (Å²) in [5.74, 6) is 0.721. The number of anilines is 2. The van der Waals surface area contributed by atoms with Crippen LogP contribution in [0, 0.1) is 0 Å². The van der Waals surface area contributed by atoms with Crippen molar-refractivity contribution in [1.82, 2.24) is 15.0 Å². The van der Waals surface area contributed by atoms with Gasteiger partial charge in [-0.25, -0.2) is 15.0 Å². The Morgan fingerprint density at radius 2 is 2.00 bits per heavy atom. The number of amides is 1. The lowest BCUT2D eigenvalue weighted by molar-refractivity contribution is 0.1000. The maximum atomic E-state index is 10.8. The third kappa shape index (κ3) is 2.30. The van der Waals surface area contributed by atoms with E-state index in [1.165, 1.54) is 12.5 Å². The molecule has 2 heterocycles. The Hall–Kier alpha value is -2.50. The number of rotatable bonds is 3. The highest BCUT2D eigenvalue weighted by molar-refractivity contribution is 5.92. The van der Waals surface area contributed by atoms with Gasteiger partial charge in [0, 0.05) is 12.4 Å². The molecule has 0 aliphatic carbocycles. The van der Waals surface area contributed by atoms with E-state index in [9.17, 15) is 4.79 Å². The molecule has 2 aromatic rings. The molecule has 0 bridgehead atoms. The van der Waals surface area contributed by atoms with E-state index in [2.05, 4.69) is 20.3 Å². The van der Waals surface area contributed by atoms with Gasteiger partial charge in [-0.3, -0.25) is 4.79 Å². The summed E-state index contributed by atoms with van der Waals surface area (Å²) in [5.41, 5.74) is 5.47. The van der Waals surface area contributed by atoms with Crippen LogP contribution in [0.25, 0.3) is 0 Å². The van der Waals surface area contributed by atoms with Gasteiger partial charge in [0.2, 0.25) is 5.91 Å². The van der Waals surface area contributed by atoms with Crippen molar-refractivity contribution in [3.8, 4) is 0 Å². The third-order valence-corrected chi connectivity index (χ3v) is 1.89. The molecular formula is C10H9N5O. The first-order chi connectivity index (χ1) is 7.75. The zero-order chi connectivity index (χ0) is 11.4. The van der Waals surface area contributed by atoms with E-state index in [0.717, 1.165) is 0 Å². The van der Waals surface area contributed by atoms with Crippen LogP contribution >= 0.6 is 0 Å². The number of hydrogen-bond acceptors (Lipinski definition) is 5. The first-order valence-corrected chi connectivity index (χ1v) is 4.54. The minimum Gasteiger partial charge on any atom is -0.366 e. The highest BCUT2D eigenvalue weighted by Crippen LogP contribution is 2.10. The van der Waals surface area contributed by atoms with Gasteiger partial charge in [0.25, 0.3) is 0 Å². The topological polar surface area (TPSA) is 93.8 Å². The molecule has 6 heteroatoms. The minimum absolute atomic E-state index is 0.369. The Kier molecular flexibility index (Phi) is 2.73. The zero-order valence-electron chi connectivity index (χ0n) is 8.29. The predicted molar refractivity (Wildman–Crippen MR) is 58.1 cm³/mol. The molecule has 0 saturated carbocycles. The quantitative estimate of drug-likeness (QED) is 0.786. The van der Waals surface area contributed by atoms with Gasteiger partial charge in [-0.2, -0.15) is 0 Å². The Morgan fingerprint density at radius 3 is 2.56 bits per heavy atom. The van der Waals surface area contributed by atoms with Gasteiger partial charge in [-0.15, -0.1) is 0 Å². The molecule has 80 valence electrons. The fraction of sp³-hybridized carbons (Fsp3) is 0. The molecule has 0 aliphatic heterocycles. The lowest BCUT2D eigenvalue weighted by Crippen LogP contribution is -2.11. The van der Waals surface area contributed by atoms with Gasteiger partial charge in [0.05, 0.1) is 5.56 Å². The number of hydrogen-bond donors (Lipinski definition) is 2. The van der Waals surface area contributed by atoms with E-state index in [4.69, 9.17) is 5.73 Å². The van der Waals surface area contributed by atoms with E-state index < -0.39 is 5.91 Å². The molecule has 0 fully saturated rings. The van der Waals surface area contributed by atoms with Gasteiger partial charge in [0.15, 0.2) is 0 Å². The van der Waals surface area contributed by atoms with Crippen LogP contribution in [0.4, 0.5) is 11.6 Å². The second-order valence-electron chi connectivity index (χ2n) is 3.02. The normalized spacial score (nSPS) is 9.75. The van der Waals surface area contributed by atoms with Crippen LogP contribution < -0.4 is 11.1 Å². The molecule has 3 N–H and O–H groups in total. The number of nitrogens with one attached hydrogen (secondary N) is 1. The largest absolute Gasteiger partial charge is 0.366 e. The van der Waals surface area contributed by atoms with Crippen LogP contribution in [0.2, 0.25) is 0 Å². The lowest BCUT2D eigenvalue weighted by atomic mass is 10.3. The van der Waals surface area contributed by atoms with Crippen LogP contribution in [0.15, 0.2) is 36.9 Å². The summed E-state index contributed by atoms with van der Waals surface area (Å²) in [6, 6.07) is 4.96. The summed E-state index contributed by atoms with van der Waals surface area (Å²) in [7, 11) is 0. The number of primary amides is 1. The standard InChI is InChI=1S/C10H9N5O/c11-10(16)7-1-2-8(13-5-7)15-9-3-4-12-6-14-9/h1-6H,(H2,11,16)(H,12,13,14,15). The van der Waals surface area contributed by atoms with Crippen LogP contribution in [0.1, 0.15) is 10.4 Å². The molecule has 6 nitrogen and oxygen atoms in total. The van der Waals surface area contributed by atoms with E-state index in [-0.39, 0.29) is 0 Å². The molecule has 2 rings (SSSR count). The van der Waals surface area contributed by atoms with Crippen LogP contribution in [0.5, 0.6) is 0 Å². The first-order valence-electron chi connectivity index (χ1n) is 4.54. The number of pyridine rings is 1. The van der Waals surface area contributed by atoms with Gasteiger partial charge >= 0.3 is 0 Å². The minimum atomic E-state index is -0.499. The number of nitrogens with zero attached hydrogens (tertiary/aromatic N) is 3. The summed E-state index contributed by atoms with van der Waals surface area (Å²) in [4.78, 5) is 22.6. The van der Waals surface area contributed by atoms with Crippen molar-refractivity contribution in [2.45, 2.75) is 0 Å². The molecule has 0 aliphatic rings. The second-order valence-corrected chi connectivity index (χ2v) is 3.02. The molecule has 0 saturated heterocycles. The van der Waals surface area contributed by atoms with Crippen molar-refractivity contribution in [2.24, 2.45) is 5.73 Å². The number of aromatic nitrogens is 3. The molecular weight excluding hydrogens is 206 g/mol. The molecule has 16 heavy (non-hydrogen) atoms. The molecule has 1 amide bonds. The van der Waals surface area contributed by atoms with Crippen LogP contribution in [-0.2, 0) is 0 Å². The number of nitrogens with two attached hydrogens (primary N) is 1. The van der Waals surface area contributed by atoms with Gasteiger partial charge in [0.1, 0.15) is 18.0 Å². The van der Waals surface area contributed by atoms with Crippen molar-refractivity contribution in [3.63, 3.8) is 0 Å². The fourth-order valence-electron chi connectivity index (χ4n) is 1.11. The summed E-state index contributed by atoms with van der Waals surface area (Å²) in [6.45, 7) is 0. The summed E-state index contributed by atoms with van der Waals surface area (Å²) in [5, 5.41) is 2.96. The summed E-state index contributed by atoms with van der Waals surface area (Å²) < 4.78 is 0. The lowest BCUT2D eigenvalue weighted by Gasteiger charge is -2.03. The smallest absolute Gasteiger partial charge is 0.250 e. The van der Waals surface area contributed by atoms with Gasteiger partial charge in [-0.1, -0.05) is 0 Å². The summed E-state index contributed by atoms with van der Waals surface area (Å²) >= 11 is 0. The van der Waals surface area contributed by atoms with Crippen molar-refractivity contribution in [3.05, 3.63) is 42.5 Å². The van der Waals surface area contributed by atoms with E-state index >= 15 is 0 Å². The molecule has 0 spiro atoms. The van der Waals surface area contributed by atoms with E-state index in [0.29, 0.717) is 17.2 Å². The molecule has 0 unspecified atom stereocenters. The number of carbonyl (C=O) groups is 1. The van der Waals surface area contributed by atoms with Crippen molar-refractivity contribution >= 4 is 17.5 Å². The highest BCUT2D eigenvalue weighted by atomic mass is 16.1. The second kappa shape index (κ2) is 4.35. The Labute approximate surface area is 91.6 Å². The van der Waals surface area contributed by atoms with Crippen LogP contribution in [-0.4, -0.2) is 20.9 Å². The average Bonchev–Trinajstić information content (AvgIpc) is 2.31. The van der Waals surface area contributed by atoms with E-state index in [1.54, 1.807) is 24.4 Å². The number of carbonyl (C=O) groups excluding carboxylic acids is 1. The van der Waals surface area contributed by atoms with Gasteiger partial charge in [-0.05, 0) is 18.2 Å². The van der Waals surface area contributed by atoms with Crippen molar-refractivity contribution in [2.75, 3.05) is 5.32 Å². The zero-order valence-corrected chi connectivity index (χ0v) is 8.29. The maximum absolute atomic E-state index is 10.8. The maximum Gasteiger partial charge on any atom is 0.250 e. The third-order valence-electron chi connectivity index (χ3n) is 1.89. The van der Waals surface area contributed by atoms with Crippen molar-refractivity contribution in [1.29, 1.82) is 0 Å². The van der Waals surface area contributed by atoms with Crippen LogP contribution in [0.3, 0.4) is 0 Å². The summed E-state index contributed by atoms with van der Waals surface area (Å²) in [6.07, 6.45) is 4.46. The Morgan fingerprint density at radius 1 is 1.19 bits per heavy atom.